The van der Waals surface area contributed by atoms with Crippen molar-refractivity contribution in [3.63, 3.8) is 0 Å². The van der Waals surface area contributed by atoms with Gasteiger partial charge in [0.25, 0.3) is 5.56 Å². The van der Waals surface area contributed by atoms with Gasteiger partial charge in [-0.15, -0.1) is 0 Å². The number of hydrogen-bond donors (Lipinski definition) is 1. The highest BCUT2D eigenvalue weighted by Gasteiger charge is 2.18. The average molecular weight is 406 g/mol. The molecule has 2 aromatic carbocycles. The summed E-state index contributed by atoms with van der Waals surface area (Å²) in [7, 11) is 3.50. The molecule has 0 spiro atoms. The third-order valence-corrected chi connectivity index (χ3v) is 5.12. The largest absolute Gasteiger partial charge is 0.454 e. The van der Waals surface area contributed by atoms with Crippen molar-refractivity contribution in [2.24, 2.45) is 14.1 Å². The van der Waals surface area contributed by atoms with Crippen molar-refractivity contribution in [2.75, 3.05) is 0 Å². The van der Waals surface area contributed by atoms with Gasteiger partial charge in [0.15, 0.2) is 11.6 Å². The summed E-state index contributed by atoms with van der Waals surface area (Å²) in [5, 5.41) is 0.706. The number of nitrogens with one attached hydrogen (secondary N) is 1. The number of imidazole rings is 1. The maximum atomic E-state index is 14.3. The van der Waals surface area contributed by atoms with Crippen LogP contribution in [-0.2, 0) is 14.1 Å². The van der Waals surface area contributed by atoms with E-state index in [-0.39, 0.29) is 11.3 Å². The van der Waals surface area contributed by atoms with E-state index in [0.717, 1.165) is 28.7 Å². The zero-order valence-electron chi connectivity index (χ0n) is 16.1. The van der Waals surface area contributed by atoms with Crippen LogP contribution in [0.5, 0.6) is 11.5 Å². The fourth-order valence-electron chi connectivity index (χ4n) is 3.61. The van der Waals surface area contributed by atoms with E-state index in [9.17, 15) is 13.6 Å². The van der Waals surface area contributed by atoms with E-state index in [1.54, 1.807) is 37.9 Å². The molecule has 0 saturated carbocycles. The number of aromatic amines is 1. The molecule has 0 amide bonds. The van der Waals surface area contributed by atoms with Crippen molar-refractivity contribution in [3.05, 3.63) is 77.1 Å². The van der Waals surface area contributed by atoms with Gasteiger partial charge in [0.05, 0.1) is 17.4 Å². The highest BCUT2D eigenvalue weighted by molar-refractivity contribution is 5.98. The molecular formula is C22H16F2N4O2. The molecule has 3 aromatic heterocycles. The van der Waals surface area contributed by atoms with Crippen LogP contribution >= 0.6 is 0 Å². The third kappa shape index (κ3) is 2.76. The lowest BCUT2D eigenvalue weighted by atomic mass is 10.0. The molecule has 30 heavy (non-hydrogen) atoms. The van der Waals surface area contributed by atoms with Gasteiger partial charge in [-0.25, -0.2) is 13.8 Å². The van der Waals surface area contributed by atoms with E-state index in [0.29, 0.717) is 22.2 Å². The number of aromatic nitrogens is 4. The van der Waals surface area contributed by atoms with Gasteiger partial charge < -0.3 is 18.9 Å². The summed E-state index contributed by atoms with van der Waals surface area (Å²) in [5.41, 5.74) is 3.15. The molecule has 1 N–H and O–H groups in total. The van der Waals surface area contributed by atoms with Crippen LogP contribution in [0.3, 0.4) is 0 Å². The monoisotopic (exact) mass is 406 g/mol. The van der Waals surface area contributed by atoms with Gasteiger partial charge in [-0.1, -0.05) is 0 Å². The van der Waals surface area contributed by atoms with Crippen LogP contribution in [0.2, 0.25) is 0 Å². The van der Waals surface area contributed by atoms with Gasteiger partial charge in [0.2, 0.25) is 0 Å². The lowest BCUT2D eigenvalue weighted by molar-refractivity contribution is 0.439. The maximum absolute atomic E-state index is 14.3. The van der Waals surface area contributed by atoms with Crippen molar-refractivity contribution in [3.8, 4) is 22.6 Å². The topological polar surface area (TPSA) is 64.8 Å². The Balaban J connectivity index is 1.79. The molecule has 0 unspecified atom stereocenters. The van der Waals surface area contributed by atoms with Crippen molar-refractivity contribution in [1.82, 2.24) is 19.1 Å². The van der Waals surface area contributed by atoms with Crippen molar-refractivity contribution in [2.45, 2.75) is 0 Å². The Bertz CT molecular complexity index is 1500. The lowest BCUT2D eigenvalue weighted by Gasteiger charge is -2.14. The molecule has 5 rings (SSSR count). The molecule has 0 aliphatic heterocycles. The highest BCUT2D eigenvalue weighted by atomic mass is 19.1. The quantitative estimate of drug-likeness (QED) is 0.480. The van der Waals surface area contributed by atoms with Crippen molar-refractivity contribution in [1.29, 1.82) is 0 Å². The Morgan fingerprint density at radius 3 is 2.63 bits per heavy atom. The van der Waals surface area contributed by atoms with Crippen LogP contribution in [-0.4, -0.2) is 19.1 Å². The van der Waals surface area contributed by atoms with Gasteiger partial charge in [0, 0.05) is 55.1 Å². The Hall–Kier alpha value is -3.94. The number of halogens is 2. The van der Waals surface area contributed by atoms with Crippen LogP contribution in [0.4, 0.5) is 8.78 Å². The minimum Gasteiger partial charge on any atom is -0.454 e. The molecule has 5 aromatic rings. The minimum atomic E-state index is -0.807. The van der Waals surface area contributed by atoms with Gasteiger partial charge in [-0.3, -0.25) is 4.79 Å². The highest BCUT2D eigenvalue weighted by Crippen LogP contribution is 2.39. The Morgan fingerprint density at radius 1 is 1.00 bits per heavy atom. The van der Waals surface area contributed by atoms with Gasteiger partial charge >= 0.3 is 0 Å². The van der Waals surface area contributed by atoms with Crippen molar-refractivity contribution >= 4 is 21.9 Å². The Kier molecular flexibility index (Phi) is 3.95. The third-order valence-electron chi connectivity index (χ3n) is 5.12. The number of fused-ring (bicyclic) bond motifs is 2. The van der Waals surface area contributed by atoms with E-state index >= 15 is 0 Å². The number of aryl methyl sites for hydroxylation is 2. The summed E-state index contributed by atoms with van der Waals surface area (Å²) in [6, 6.07) is 8.54. The minimum absolute atomic E-state index is 0.102. The fraction of sp³-hybridized carbons (Fsp3) is 0.0909. The molecule has 6 nitrogen and oxygen atoms in total. The first-order chi connectivity index (χ1) is 14.4. The van der Waals surface area contributed by atoms with E-state index in [4.69, 9.17) is 4.74 Å². The summed E-state index contributed by atoms with van der Waals surface area (Å²) < 4.78 is 36.8. The smallest absolute Gasteiger partial charge is 0.274 e. The van der Waals surface area contributed by atoms with Crippen LogP contribution < -0.4 is 10.3 Å². The van der Waals surface area contributed by atoms with Gasteiger partial charge in [0.1, 0.15) is 17.1 Å². The standard InChI is InChI=1S/C22H16F2N4O2/c1-27-10-15(13-5-6-25-21(13)22(27)29)14-8-17-18(28(2)11-26-17)9-20(14)30-19-4-3-12(23)7-16(19)24/h3-11,25H,1-2H3. The zero-order chi connectivity index (χ0) is 21.0. The van der Waals surface area contributed by atoms with E-state index < -0.39 is 11.6 Å². The number of hydrogen-bond acceptors (Lipinski definition) is 3. The van der Waals surface area contributed by atoms with Gasteiger partial charge in [-0.05, 0) is 24.3 Å². The van der Waals surface area contributed by atoms with E-state index in [1.807, 2.05) is 17.7 Å². The number of nitrogens with zero attached hydrogens (tertiary/aromatic N) is 3. The van der Waals surface area contributed by atoms with E-state index in [1.165, 1.54) is 10.6 Å². The second-order valence-corrected chi connectivity index (χ2v) is 7.09. The Labute approximate surface area is 169 Å². The number of rotatable bonds is 3. The number of ether oxygens (including phenoxy) is 1. The number of H-pyrrole nitrogens is 1. The molecule has 0 aliphatic rings. The predicted octanol–water partition coefficient (Wildman–Crippen LogP) is 4.49. The molecule has 150 valence electrons. The van der Waals surface area contributed by atoms with Crippen LogP contribution in [0.15, 0.2) is 59.9 Å². The molecule has 0 saturated heterocycles. The first-order valence-electron chi connectivity index (χ1n) is 9.17. The molecule has 0 bridgehead atoms. The second kappa shape index (κ2) is 6.55. The SMILES string of the molecule is Cn1cc(-c2cc3ncn(C)c3cc2Oc2ccc(F)cc2F)c2cc[nH]c2c1=O. The first kappa shape index (κ1) is 18.1. The summed E-state index contributed by atoms with van der Waals surface area (Å²) in [6.45, 7) is 0. The molecule has 0 radical (unpaired) electrons. The molecule has 8 heteroatoms. The molecule has 0 atom stereocenters. The number of pyridine rings is 1. The lowest BCUT2D eigenvalue weighted by Crippen LogP contribution is -2.16. The van der Waals surface area contributed by atoms with Crippen LogP contribution in [0.1, 0.15) is 0 Å². The summed E-state index contributed by atoms with van der Waals surface area (Å²) in [6.07, 6.45) is 5.06. The summed E-state index contributed by atoms with van der Waals surface area (Å²) >= 11 is 0. The summed E-state index contributed by atoms with van der Waals surface area (Å²) in [4.78, 5) is 19.8. The van der Waals surface area contributed by atoms with E-state index in [2.05, 4.69) is 9.97 Å². The average Bonchev–Trinajstić information content (AvgIpc) is 3.34. The molecule has 3 heterocycles. The Morgan fingerprint density at radius 2 is 1.83 bits per heavy atom. The molecule has 0 fully saturated rings. The zero-order valence-corrected chi connectivity index (χ0v) is 16.1. The summed E-state index contributed by atoms with van der Waals surface area (Å²) in [5.74, 6) is -1.24. The predicted molar refractivity (Wildman–Crippen MR) is 110 cm³/mol. The maximum Gasteiger partial charge on any atom is 0.274 e. The second-order valence-electron chi connectivity index (χ2n) is 7.09. The van der Waals surface area contributed by atoms with Crippen LogP contribution in [0.25, 0.3) is 33.1 Å². The van der Waals surface area contributed by atoms with Crippen LogP contribution in [0, 0.1) is 11.6 Å². The normalized spacial score (nSPS) is 11.5. The fourth-order valence-corrected chi connectivity index (χ4v) is 3.61. The molecular weight excluding hydrogens is 390 g/mol. The first-order valence-corrected chi connectivity index (χ1v) is 9.17. The van der Waals surface area contributed by atoms with Crippen molar-refractivity contribution < 1.29 is 13.5 Å². The molecule has 0 aliphatic carbocycles. The van der Waals surface area contributed by atoms with Gasteiger partial charge in [-0.2, -0.15) is 0 Å². The number of benzene rings is 2.